The molecular weight excluding hydrogens is 242 g/mol. The summed E-state index contributed by atoms with van der Waals surface area (Å²) in [6.45, 7) is 4.98. The van der Waals surface area contributed by atoms with E-state index in [1.807, 2.05) is 6.20 Å². The Hall–Kier alpha value is -1.04. The zero-order valence-corrected chi connectivity index (χ0v) is 11.4. The molecule has 1 aliphatic heterocycles. The molecule has 0 bridgehead atoms. The van der Waals surface area contributed by atoms with Gasteiger partial charge in [-0.15, -0.1) is 0 Å². The summed E-state index contributed by atoms with van der Waals surface area (Å²) in [5, 5.41) is 3.50. The van der Waals surface area contributed by atoms with Gasteiger partial charge in [-0.2, -0.15) is 0 Å². The Bertz CT molecular complexity index is 433. The quantitative estimate of drug-likeness (QED) is 0.896. The van der Waals surface area contributed by atoms with Gasteiger partial charge < -0.3 is 14.8 Å². The van der Waals surface area contributed by atoms with E-state index >= 15 is 0 Å². The van der Waals surface area contributed by atoms with E-state index in [-0.39, 0.29) is 6.10 Å². The first-order valence-corrected chi connectivity index (χ1v) is 7.17. The Kier molecular flexibility index (Phi) is 4.06. The molecule has 2 aliphatic rings. The second-order valence-electron chi connectivity index (χ2n) is 5.07. The molecule has 0 radical (unpaired) electrons. The van der Waals surface area contributed by atoms with Gasteiger partial charge in [0.2, 0.25) is 0 Å². The van der Waals surface area contributed by atoms with Crippen molar-refractivity contribution in [3.05, 3.63) is 23.3 Å². The van der Waals surface area contributed by atoms with Crippen molar-refractivity contribution in [1.29, 1.82) is 0 Å². The van der Waals surface area contributed by atoms with Gasteiger partial charge in [-0.1, -0.05) is 6.92 Å². The van der Waals surface area contributed by atoms with Crippen LogP contribution < -0.4 is 5.32 Å². The van der Waals surface area contributed by atoms with Crippen molar-refractivity contribution in [3.8, 4) is 0 Å². The van der Waals surface area contributed by atoms with E-state index in [0.717, 1.165) is 18.8 Å². The third-order valence-electron chi connectivity index (χ3n) is 3.75. The third kappa shape index (κ3) is 2.78. The van der Waals surface area contributed by atoms with Gasteiger partial charge in [0.15, 0.2) is 5.82 Å². The van der Waals surface area contributed by atoms with E-state index in [1.54, 1.807) is 0 Å². The Labute approximate surface area is 113 Å². The van der Waals surface area contributed by atoms with E-state index in [4.69, 9.17) is 14.5 Å². The van der Waals surface area contributed by atoms with Gasteiger partial charge in [0.05, 0.1) is 19.8 Å². The molecule has 0 saturated carbocycles. The molecule has 1 aromatic rings. The summed E-state index contributed by atoms with van der Waals surface area (Å²) in [5.41, 5.74) is 2.44. The summed E-state index contributed by atoms with van der Waals surface area (Å²) in [5.74, 6) is 0.774. The molecule has 1 aliphatic carbocycles. The van der Waals surface area contributed by atoms with Gasteiger partial charge >= 0.3 is 0 Å². The molecule has 1 fully saturated rings. The number of hydrogen-bond acceptors (Lipinski definition) is 5. The lowest BCUT2D eigenvalue weighted by Crippen LogP contribution is -2.28. The molecule has 2 heterocycles. The topological polar surface area (TPSA) is 56.3 Å². The predicted molar refractivity (Wildman–Crippen MR) is 70.9 cm³/mol. The number of fused-ring (bicyclic) bond motifs is 1. The highest BCUT2D eigenvalue weighted by atomic mass is 16.6. The maximum atomic E-state index is 5.66. The maximum absolute atomic E-state index is 5.66. The van der Waals surface area contributed by atoms with Gasteiger partial charge in [-0.25, -0.2) is 9.97 Å². The number of nitrogens with zero attached hydrogens (tertiary/aromatic N) is 2. The van der Waals surface area contributed by atoms with Crippen molar-refractivity contribution in [2.75, 3.05) is 26.4 Å². The smallest absolute Gasteiger partial charge is 0.159 e. The molecule has 0 amide bonds. The number of aryl methyl sites for hydroxylation is 1. The van der Waals surface area contributed by atoms with Crippen LogP contribution in [-0.2, 0) is 15.9 Å². The van der Waals surface area contributed by atoms with E-state index in [1.165, 1.54) is 24.1 Å². The fraction of sp³-hybridized carbons (Fsp3) is 0.714. The molecule has 5 heteroatoms. The van der Waals surface area contributed by atoms with E-state index in [2.05, 4.69) is 17.2 Å². The second-order valence-corrected chi connectivity index (χ2v) is 5.07. The molecule has 1 saturated heterocycles. The lowest BCUT2D eigenvalue weighted by molar-refractivity contribution is -0.0936. The van der Waals surface area contributed by atoms with Crippen molar-refractivity contribution < 1.29 is 9.47 Å². The summed E-state index contributed by atoms with van der Waals surface area (Å²) >= 11 is 0. The van der Waals surface area contributed by atoms with Crippen LogP contribution in [0.1, 0.15) is 49.0 Å². The number of ether oxygens (including phenoxy) is 2. The molecule has 0 spiro atoms. The zero-order valence-electron chi connectivity index (χ0n) is 11.4. The molecule has 2 unspecified atom stereocenters. The van der Waals surface area contributed by atoms with Crippen LogP contribution in [0.2, 0.25) is 0 Å². The second kappa shape index (κ2) is 5.94. The first kappa shape index (κ1) is 13.0. The van der Waals surface area contributed by atoms with Gasteiger partial charge in [0.25, 0.3) is 0 Å². The number of aromatic nitrogens is 2. The molecule has 3 rings (SSSR count). The molecule has 1 aromatic heterocycles. The van der Waals surface area contributed by atoms with Crippen LogP contribution >= 0.6 is 0 Å². The van der Waals surface area contributed by atoms with Crippen molar-refractivity contribution in [2.24, 2.45) is 0 Å². The summed E-state index contributed by atoms with van der Waals surface area (Å²) in [6, 6.07) is 0.409. The van der Waals surface area contributed by atoms with Crippen molar-refractivity contribution >= 4 is 0 Å². The van der Waals surface area contributed by atoms with Gasteiger partial charge in [-0.05, 0) is 25.8 Å². The Morgan fingerprint density at radius 3 is 3.16 bits per heavy atom. The molecular formula is C14H21N3O2. The van der Waals surface area contributed by atoms with E-state index in [9.17, 15) is 0 Å². The average Bonchev–Trinajstić information content (AvgIpc) is 2.48. The summed E-state index contributed by atoms with van der Waals surface area (Å²) < 4.78 is 11.1. The van der Waals surface area contributed by atoms with Crippen LogP contribution in [0, 0.1) is 0 Å². The standard InChI is InChI=1S/C14H21N3O2/c1-2-15-11-4-3-5-12-10(11)8-16-14(17-12)13-9-18-6-7-19-13/h8,11,13,15H,2-7,9H2,1H3. The van der Waals surface area contributed by atoms with Crippen molar-refractivity contribution in [2.45, 2.75) is 38.3 Å². The van der Waals surface area contributed by atoms with Gasteiger partial charge in [-0.3, -0.25) is 0 Å². The fourth-order valence-corrected chi connectivity index (χ4v) is 2.81. The number of rotatable bonds is 3. The van der Waals surface area contributed by atoms with Crippen LogP contribution in [0.5, 0.6) is 0 Å². The molecule has 5 nitrogen and oxygen atoms in total. The molecule has 2 atom stereocenters. The van der Waals surface area contributed by atoms with Crippen LogP contribution in [-0.4, -0.2) is 36.3 Å². The SMILES string of the molecule is CCNC1CCCc2nc(C3COCCO3)ncc21. The van der Waals surface area contributed by atoms with Crippen LogP contribution in [0.4, 0.5) is 0 Å². The summed E-state index contributed by atoms with van der Waals surface area (Å²) in [6.07, 6.45) is 5.27. The van der Waals surface area contributed by atoms with Gasteiger partial charge in [0, 0.05) is 23.5 Å². The number of nitrogens with one attached hydrogen (secondary N) is 1. The molecule has 0 aromatic carbocycles. The average molecular weight is 263 g/mol. The Balaban J connectivity index is 1.82. The lowest BCUT2D eigenvalue weighted by atomic mass is 9.92. The fourth-order valence-electron chi connectivity index (χ4n) is 2.81. The van der Waals surface area contributed by atoms with Crippen LogP contribution in [0.15, 0.2) is 6.20 Å². The summed E-state index contributed by atoms with van der Waals surface area (Å²) in [7, 11) is 0. The zero-order chi connectivity index (χ0) is 13.1. The van der Waals surface area contributed by atoms with Crippen LogP contribution in [0.3, 0.4) is 0 Å². The van der Waals surface area contributed by atoms with E-state index < -0.39 is 0 Å². The molecule has 19 heavy (non-hydrogen) atoms. The molecule has 104 valence electrons. The largest absolute Gasteiger partial charge is 0.376 e. The molecule has 1 N–H and O–H groups in total. The first-order chi connectivity index (χ1) is 9.38. The predicted octanol–water partition coefficient (Wildman–Crippen LogP) is 1.55. The Morgan fingerprint density at radius 2 is 2.37 bits per heavy atom. The van der Waals surface area contributed by atoms with E-state index in [0.29, 0.717) is 25.9 Å². The van der Waals surface area contributed by atoms with Gasteiger partial charge in [0.1, 0.15) is 6.10 Å². The third-order valence-corrected chi connectivity index (χ3v) is 3.75. The first-order valence-electron chi connectivity index (χ1n) is 7.17. The highest BCUT2D eigenvalue weighted by molar-refractivity contribution is 5.25. The Morgan fingerprint density at radius 1 is 1.42 bits per heavy atom. The minimum absolute atomic E-state index is 0.0986. The van der Waals surface area contributed by atoms with Crippen LogP contribution in [0.25, 0.3) is 0 Å². The van der Waals surface area contributed by atoms with Crippen molar-refractivity contribution in [1.82, 2.24) is 15.3 Å². The summed E-state index contributed by atoms with van der Waals surface area (Å²) in [4.78, 5) is 9.21. The highest BCUT2D eigenvalue weighted by Crippen LogP contribution is 2.29. The normalized spacial score (nSPS) is 27.0. The van der Waals surface area contributed by atoms with Crippen molar-refractivity contribution in [3.63, 3.8) is 0 Å². The highest BCUT2D eigenvalue weighted by Gasteiger charge is 2.25. The minimum Gasteiger partial charge on any atom is -0.376 e. The number of hydrogen-bond donors (Lipinski definition) is 1. The monoisotopic (exact) mass is 263 g/mol. The lowest BCUT2D eigenvalue weighted by Gasteiger charge is -2.27. The minimum atomic E-state index is -0.0986. The maximum Gasteiger partial charge on any atom is 0.159 e.